The van der Waals surface area contributed by atoms with Gasteiger partial charge in [0, 0.05) is 48.5 Å². The third-order valence-corrected chi connectivity index (χ3v) is 5.76. The Bertz CT molecular complexity index is 1070. The molecule has 7 nitrogen and oxygen atoms in total. The molecule has 8 heteroatoms. The van der Waals surface area contributed by atoms with Gasteiger partial charge in [0.25, 0.3) is 0 Å². The van der Waals surface area contributed by atoms with Crippen LogP contribution in [0, 0.1) is 6.92 Å². The van der Waals surface area contributed by atoms with Crippen molar-refractivity contribution in [3.8, 4) is 17.0 Å². The zero-order valence-electron chi connectivity index (χ0n) is 17.5. The SMILES string of the molecule is COc1ccc(-c2cc(N3CCN(C(=O)Nc4ccc(C)c(Cl)c4)CC3)ncn2)cc1. The molecule has 3 aromatic rings. The van der Waals surface area contributed by atoms with E-state index in [2.05, 4.69) is 20.2 Å². The van der Waals surface area contributed by atoms with Crippen molar-refractivity contribution in [2.45, 2.75) is 6.92 Å². The molecule has 0 aliphatic carbocycles. The molecular formula is C23H24ClN5O2. The minimum Gasteiger partial charge on any atom is -0.497 e. The van der Waals surface area contributed by atoms with E-state index in [1.54, 1.807) is 24.4 Å². The number of carbonyl (C=O) groups is 1. The van der Waals surface area contributed by atoms with Crippen LogP contribution in [0.5, 0.6) is 5.75 Å². The summed E-state index contributed by atoms with van der Waals surface area (Å²) < 4.78 is 5.22. The van der Waals surface area contributed by atoms with Crippen LogP contribution in [0.4, 0.5) is 16.3 Å². The summed E-state index contributed by atoms with van der Waals surface area (Å²) in [5, 5.41) is 3.56. The van der Waals surface area contributed by atoms with E-state index in [9.17, 15) is 4.79 Å². The summed E-state index contributed by atoms with van der Waals surface area (Å²) in [5.74, 6) is 1.66. The van der Waals surface area contributed by atoms with E-state index in [1.165, 1.54) is 0 Å². The van der Waals surface area contributed by atoms with Crippen LogP contribution in [0.2, 0.25) is 5.02 Å². The van der Waals surface area contributed by atoms with E-state index in [-0.39, 0.29) is 6.03 Å². The van der Waals surface area contributed by atoms with E-state index in [0.717, 1.165) is 28.4 Å². The van der Waals surface area contributed by atoms with Crippen molar-refractivity contribution in [3.05, 3.63) is 65.4 Å². The zero-order valence-corrected chi connectivity index (χ0v) is 18.3. The van der Waals surface area contributed by atoms with Crippen LogP contribution >= 0.6 is 11.6 Å². The number of amides is 2. The monoisotopic (exact) mass is 437 g/mol. The molecule has 0 bridgehead atoms. The highest BCUT2D eigenvalue weighted by Crippen LogP contribution is 2.24. The van der Waals surface area contributed by atoms with Crippen LogP contribution in [0.15, 0.2) is 54.9 Å². The van der Waals surface area contributed by atoms with Gasteiger partial charge in [-0.1, -0.05) is 17.7 Å². The van der Waals surface area contributed by atoms with Crippen molar-refractivity contribution in [2.75, 3.05) is 43.5 Å². The third-order valence-electron chi connectivity index (χ3n) is 5.35. The number of hydrogen-bond acceptors (Lipinski definition) is 5. The molecule has 0 spiro atoms. The zero-order chi connectivity index (χ0) is 21.8. The molecule has 2 amide bonds. The number of ether oxygens (including phenoxy) is 1. The van der Waals surface area contributed by atoms with Gasteiger partial charge >= 0.3 is 6.03 Å². The molecule has 1 aromatic heterocycles. The molecule has 2 heterocycles. The van der Waals surface area contributed by atoms with E-state index in [1.807, 2.05) is 49.4 Å². The summed E-state index contributed by atoms with van der Waals surface area (Å²) in [6.45, 7) is 4.53. The second-order valence-corrected chi connectivity index (χ2v) is 7.77. The maximum Gasteiger partial charge on any atom is 0.321 e. The van der Waals surface area contributed by atoms with Gasteiger partial charge in [-0.3, -0.25) is 0 Å². The molecule has 0 unspecified atom stereocenters. The van der Waals surface area contributed by atoms with E-state index >= 15 is 0 Å². The highest BCUT2D eigenvalue weighted by molar-refractivity contribution is 6.31. The average Bonchev–Trinajstić information content (AvgIpc) is 2.82. The quantitative estimate of drug-likeness (QED) is 0.652. The Balaban J connectivity index is 1.38. The highest BCUT2D eigenvalue weighted by atomic mass is 35.5. The van der Waals surface area contributed by atoms with Gasteiger partial charge in [-0.2, -0.15) is 0 Å². The Labute approximate surface area is 186 Å². The minimum absolute atomic E-state index is 0.124. The number of hydrogen-bond donors (Lipinski definition) is 1. The first-order chi connectivity index (χ1) is 15.0. The summed E-state index contributed by atoms with van der Waals surface area (Å²) in [6.07, 6.45) is 1.58. The number of aromatic nitrogens is 2. The van der Waals surface area contributed by atoms with Crippen molar-refractivity contribution in [3.63, 3.8) is 0 Å². The van der Waals surface area contributed by atoms with Gasteiger partial charge < -0.3 is 19.9 Å². The first-order valence-electron chi connectivity index (χ1n) is 10.1. The number of rotatable bonds is 4. The second kappa shape index (κ2) is 9.22. The predicted molar refractivity (Wildman–Crippen MR) is 123 cm³/mol. The smallest absolute Gasteiger partial charge is 0.321 e. The fraction of sp³-hybridized carbons (Fsp3) is 0.261. The van der Waals surface area contributed by atoms with Crippen LogP contribution in [0.3, 0.4) is 0 Å². The molecule has 1 aliphatic rings. The number of halogens is 1. The van der Waals surface area contributed by atoms with Crippen molar-refractivity contribution in [1.82, 2.24) is 14.9 Å². The number of methoxy groups -OCH3 is 1. The molecule has 0 atom stereocenters. The van der Waals surface area contributed by atoms with E-state index in [4.69, 9.17) is 16.3 Å². The number of nitrogens with zero attached hydrogens (tertiary/aromatic N) is 4. The lowest BCUT2D eigenvalue weighted by atomic mass is 10.1. The predicted octanol–water partition coefficient (Wildman–Crippen LogP) is 4.47. The third kappa shape index (κ3) is 4.88. The maximum atomic E-state index is 12.6. The summed E-state index contributed by atoms with van der Waals surface area (Å²) in [7, 11) is 1.65. The van der Waals surface area contributed by atoms with Crippen LogP contribution in [-0.4, -0.2) is 54.2 Å². The Morgan fingerprint density at radius 2 is 1.77 bits per heavy atom. The van der Waals surface area contributed by atoms with Crippen LogP contribution in [0.1, 0.15) is 5.56 Å². The van der Waals surface area contributed by atoms with E-state index in [0.29, 0.717) is 36.9 Å². The Kier molecular flexibility index (Phi) is 6.23. The molecule has 1 aliphatic heterocycles. The Hall–Kier alpha value is -3.32. The minimum atomic E-state index is -0.124. The number of carbonyl (C=O) groups excluding carboxylic acids is 1. The number of benzene rings is 2. The summed E-state index contributed by atoms with van der Waals surface area (Å²) in [5.41, 5.74) is 3.53. The standard InChI is InChI=1S/C23H24ClN5O2/c1-16-3-6-18(13-20(16)24)27-23(30)29-11-9-28(10-12-29)22-14-21(25-15-26-22)17-4-7-19(31-2)8-5-17/h3-8,13-15H,9-12H2,1-2H3,(H,27,30). The molecular weight excluding hydrogens is 414 g/mol. The summed E-state index contributed by atoms with van der Waals surface area (Å²) in [4.78, 5) is 25.4. The van der Waals surface area contributed by atoms with Crippen molar-refractivity contribution in [2.24, 2.45) is 0 Å². The summed E-state index contributed by atoms with van der Waals surface area (Å²) in [6, 6.07) is 15.2. The molecule has 0 radical (unpaired) electrons. The van der Waals surface area contributed by atoms with E-state index < -0.39 is 0 Å². The normalized spacial score (nSPS) is 13.8. The van der Waals surface area contributed by atoms with Crippen LogP contribution in [-0.2, 0) is 0 Å². The van der Waals surface area contributed by atoms with Gasteiger partial charge in [0.05, 0.1) is 12.8 Å². The number of anilines is 2. The second-order valence-electron chi connectivity index (χ2n) is 7.36. The maximum absolute atomic E-state index is 12.6. The number of piperazine rings is 1. The summed E-state index contributed by atoms with van der Waals surface area (Å²) >= 11 is 6.15. The van der Waals surface area contributed by atoms with Crippen molar-refractivity contribution in [1.29, 1.82) is 0 Å². The average molecular weight is 438 g/mol. The van der Waals surface area contributed by atoms with Gasteiger partial charge in [-0.05, 0) is 48.9 Å². The largest absolute Gasteiger partial charge is 0.497 e. The molecule has 1 saturated heterocycles. The molecule has 4 rings (SSSR count). The van der Waals surface area contributed by atoms with Gasteiger partial charge in [0.1, 0.15) is 17.9 Å². The molecule has 1 fully saturated rings. The highest BCUT2D eigenvalue weighted by Gasteiger charge is 2.22. The fourth-order valence-corrected chi connectivity index (χ4v) is 3.63. The molecule has 31 heavy (non-hydrogen) atoms. The molecule has 1 N–H and O–H groups in total. The lowest BCUT2D eigenvalue weighted by Gasteiger charge is -2.35. The topological polar surface area (TPSA) is 70.6 Å². The lowest BCUT2D eigenvalue weighted by Crippen LogP contribution is -2.50. The first kappa shape index (κ1) is 20.9. The Morgan fingerprint density at radius 1 is 1.03 bits per heavy atom. The van der Waals surface area contributed by atoms with Gasteiger partial charge in [-0.25, -0.2) is 14.8 Å². The molecule has 0 saturated carbocycles. The number of urea groups is 1. The van der Waals surface area contributed by atoms with Crippen molar-refractivity contribution < 1.29 is 9.53 Å². The Morgan fingerprint density at radius 3 is 2.45 bits per heavy atom. The number of nitrogens with one attached hydrogen (secondary N) is 1. The van der Waals surface area contributed by atoms with Gasteiger partial charge in [0.2, 0.25) is 0 Å². The molecule has 2 aromatic carbocycles. The van der Waals surface area contributed by atoms with Crippen LogP contribution in [0.25, 0.3) is 11.3 Å². The van der Waals surface area contributed by atoms with Gasteiger partial charge in [0.15, 0.2) is 0 Å². The lowest BCUT2D eigenvalue weighted by molar-refractivity contribution is 0.208. The molecule has 160 valence electrons. The van der Waals surface area contributed by atoms with Crippen LogP contribution < -0.4 is 15.0 Å². The van der Waals surface area contributed by atoms with Crippen molar-refractivity contribution >= 4 is 29.1 Å². The van der Waals surface area contributed by atoms with Gasteiger partial charge in [-0.15, -0.1) is 0 Å². The fourth-order valence-electron chi connectivity index (χ4n) is 3.45. The number of aryl methyl sites for hydroxylation is 1. The first-order valence-corrected chi connectivity index (χ1v) is 10.4.